The fourth-order valence-corrected chi connectivity index (χ4v) is 2.61. The second-order valence-corrected chi connectivity index (χ2v) is 5.40. The molecule has 8 heteroatoms. The van der Waals surface area contributed by atoms with Gasteiger partial charge in [0.2, 0.25) is 5.91 Å². The number of H-pyrrole nitrogens is 1. The second-order valence-electron chi connectivity index (χ2n) is 5.40. The first-order valence-electron chi connectivity index (χ1n) is 7.43. The van der Waals surface area contributed by atoms with Gasteiger partial charge in [0, 0.05) is 20.1 Å². The maximum Gasteiger partial charge on any atom is 0.242 e. The number of morpholine rings is 1. The molecule has 0 bridgehead atoms. The lowest BCUT2D eigenvalue weighted by molar-refractivity contribution is -0.137. The third kappa shape index (κ3) is 2.87. The summed E-state index contributed by atoms with van der Waals surface area (Å²) >= 11 is 0. The minimum atomic E-state index is 0.0792. The number of anilines is 1. The zero-order valence-corrected chi connectivity index (χ0v) is 12.8. The summed E-state index contributed by atoms with van der Waals surface area (Å²) in [5.41, 5.74) is 1.34. The molecule has 1 N–H and O–H groups in total. The van der Waals surface area contributed by atoms with E-state index in [1.54, 1.807) is 6.33 Å². The Bertz CT molecular complexity index is 658. The van der Waals surface area contributed by atoms with Crippen LogP contribution in [0.15, 0.2) is 12.7 Å². The lowest BCUT2D eigenvalue weighted by Gasteiger charge is -2.33. The highest BCUT2D eigenvalue weighted by Crippen LogP contribution is 2.18. The van der Waals surface area contributed by atoms with E-state index in [9.17, 15) is 4.79 Å². The van der Waals surface area contributed by atoms with Gasteiger partial charge in [-0.15, -0.1) is 0 Å². The summed E-state index contributed by atoms with van der Waals surface area (Å²) in [6.45, 7) is 4.24. The first-order valence-corrected chi connectivity index (χ1v) is 7.43. The molecule has 118 valence electrons. The molecule has 1 amide bonds. The summed E-state index contributed by atoms with van der Waals surface area (Å²) in [6.07, 6.45) is 4.09. The molecule has 2 aromatic rings. The van der Waals surface area contributed by atoms with Crippen LogP contribution in [0.2, 0.25) is 0 Å². The van der Waals surface area contributed by atoms with Crippen molar-refractivity contribution in [1.29, 1.82) is 0 Å². The first-order chi connectivity index (χ1) is 10.7. The maximum absolute atomic E-state index is 12.5. The number of rotatable bonds is 4. The monoisotopic (exact) mass is 304 g/mol. The molecule has 1 aliphatic heterocycles. The van der Waals surface area contributed by atoms with Gasteiger partial charge in [-0.05, 0) is 6.42 Å². The number of carbonyl (C=O) groups excluding carboxylic acids is 1. The predicted octanol–water partition coefficient (Wildman–Crippen LogP) is 0.426. The van der Waals surface area contributed by atoms with Gasteiger partial charge in [0.25, 0.3) is 0 Å². The normalized spacial score (nSPS) is 18.6. The standard InChI is InChI=1S/C14H20N6O2/c1-3-10-6-20(4-5-22-10)11(21)7-19(2)14-12-13(16-8-15-12)17-9-18-14/h8-10H,3-7H2,1-2H3,(H,15,16,17,18). The van der Waals surface area contributed by atoms with Crippen LogP contribution in [0, 0.1) is 0 Å². The minimum absolute atomic E-state index is 0.0792. The number of likely N-dealkylation sites (N-methyl/N-ethyl adjacent to an activating group) is 1. The van der Waals surface area contributed by atoms with Gasteiger partial charge in [-0.3, -0.25) is 4.79 Å². The molecule has 0 spiro atoms. The number of hydrogen-bond acceptors (Lipinski definition) is 6. The molecule has 8 nitrogen and oxygen atoms in total. The van der Waals surface area contributed by atoms with Crippen LogP contribution in [0.4, 0.5) is 5.82 Å². The van der Waals surface area contributed by atoms with Crippen LogP contribution >= 0.6 is 0 Å². The van der Waals surface area contributed by atoms with E-state index in [0.29, 0.717) is 31.2 Å². The Morgan fingerprint density at radius 2 is 2.36 bits per heavy atom. The topological polar surface area (TPSA) is 87.2 Å². The summed E-state index contributed by atoms with van der Waals surface area (Å²) < 4.78 is 5.60. The van der Waals surface area contributed by atoms with E-state index in [-0.39, 0.29) is 18.6 Å². The van der Waals surface area contributed by atoms with Gasteiger partial charge in [0.05, 0.1) is 25.6 Å². The molecule has 1 atom stereocenters. The van der Waals surface area contributed by atoms with Gasteiger partial charge in [-0.1, -0.05) is 6.92 Å². The molecule has 3 rings (SSSR count). The van der Waals surface area contributed by atoms with Crippen LogP contribution in [-0.4, -0.2) is 70.1 Å². The average Bonchev–Trinajstić information content (AvgIpc) is 3.03. The van der Waals surface area contributed by atoms with Crippen LogP contribution in [0.1, 0.15) is 13.3 Å². The smallest absolute Gasteiger partial charge is 0.242 e. The molecule has 0 radical (unpaired) electrons. The van der Waals surface area contributed by atoms with Crippen LogP contribution in [0.5, 0.6) is 0 Å². The quantitative estimate of drug-likeness (QED) is 0.881. The van der Waals surface area contributed by atoms with Gasteiger partial charge in [0.1, 0.15) is 11.8 Å². The maximum atomic E-state index is 12.5. The minimum Gasteiger partial charge on any atom is -0.375 e. The number of aromatic amines is 1. The van der Waals surface area contributed by atoms with E-state index in [1.807, 2.05) is 16.8 Å². The van der Waals surface area contributed by atoms with E-state index in [4.69, 9.17) is 4.74 Å². The fraction of sp³-hybridized carbons (Fsp3) is 0.571. The van der Waals surface area contributed by atoms with Crippen LogP contribution in [-0.2, 0) is 9.53 Å². The zero-order valence-electron chi connectivity index (χ0n) is 12.8. The molecular weight excluding hydrogens is 284 g/mol. The fourth-order valence-electron chi connectivity index (χ4n) is 2.61. The molecule has 1 fully saturated rings. The van der Waals surface area contributed by atoms with Gasteiger partial charge < -0.3 is 19.5 Å². The highest BCUT2D eigenvalue weighted by atomic mass is 16.5. The van der Waals surface area contributed by atoms with Crippen molar-refractivity contribution >= 4 is 22.9 Å². The molecule has 1 aliphatic rings. The van der Waals surface area contributed by atoms with E-state index >= 15 is 0 Å². The Hall–Kier alpha value is -2.22. The average molecular weight is 304 g/mol. The van der Waals surface area contributed by atoms with Gasteiger partial charge in [-0.2, -0.15) is 0 Å². The molecule has 22 heavy (non-hydrogen) atoms. The number of hydrogen-bond donors (Lipinski definition) is 1. The third-order valence-electron chi connectivity index (χ3n) is 3.88. The molecule has 3 heterocycles. The highest BCUT2D eigenvalue weighted by molar-refractivity contribution is 5.87. The van der Waals surface area contributed by atoms with Crippen LogP contribution in [0.25, 0.3) is 11.2 Å². The highest BCUT2D eigenvalue weighted by Gasteiger charge is 2.24. The molecule has 0 aromatic carbocycles. The van der Waals surface area contributed by atoms with Crippen molar-refractivity contribution in [3.8, 4) is 0 Å². The Morgan fingerprint density at radius 3 is 3.18 bits per heavy atom. The van der Waals surface area contributed by atoms with Crippen molar-refractivity contribution in [1.82, 2.24) is 24.8 Å². The molecule has 1 saturated heterocycles. The summed E-state index contributed by atoms with van der Waals surface area (Å²) in [5, 5.41) is 0. The van der Waals surface area contributed by atoms with Gasteiger partial charge >= 0.3 is 0 Å². The summed E-state index contributed by atoms with van der Waals surface area (Å²) in [7, 11) is 1.85. The van der Waals surface area contributed by atoms with Gasteiger partial charge in [0.15, 0.2) is 11.5 Å². The number of nitrogens with zero attached hydrogens (tertiary/aromatic N) is 5. The van der Waals surface area contributed by atoms with Crippen molar-refractivity contribution in [2.75, 3.05) is 38.2 Å². The summed E-state index contributed by atoms with van der Waals surface area (Å²) in [4.78, 5) is 31.6. The van der Waals surface area contributed by atoms with E-state index in [2.05, 4.69) is 26.9 Å². The zero-order chi connectivity index (χ0) is 15.5. The van der Waals surface area contributed by atoms with Gasteiger partial charge in [-0.25, -0.2) is 15.0 Å². The van der Waals surface area contributed by atoms with Crippen LogP contribution < -0.4 is 4.90 Å². The lowest BCUT2D eigenvalue weighted by Crippen LogP contribution is -2.48. The van der Waals surface area contributed by atoms with Crippen molar-refractivity contribution in [2.45, 2.75) is 19.4 Å². The SMILES string of the molecule is CCC1CN(C(=O)CN(C)c2ncnc3nc[nH]c23)CCO1. The number of ether oxygens (including phenoxy) is 1. The Morgan fingerprint density at radius 1 is 1.50 bits per heavy atom. The van der Waals surface area contributed by atoms with E-state index < -0.39 is 0 Å². The lowest BCUT2D eigenvalue weighted by atomic mass is 10.2. The Balaban J connectivity index is 1.69. The molecule has 1 unspecified atom stereocenters. The third-order valence-corrected chi connectivity index (χ3v) is 3.88. The van der Waals surface area contributed by atoms with Crippen molar-refractivity contribution in [3.63, 3.8) is 0 Å². The van der Waals surface area contributed by atoms with E-state index in [1.165, 1.54) is 6.33 Å². The molecular formula is C14H20N6O2. The number of imidazole rings is 1. The largest absolute Gasteiger partial charge is 0.375 e. The number of fused-ring (bicyclic) bond motifs is 1. The number of nitrogens with one attached hydrogen (secondary N) is 1. The molecule has 0 saturated carbocycles. The summed E-state index contributed by atoms with van der Waals surface area (Å²) in [6, 6.07) is 0. The Kier molecular flexibility index (Phi) is 4.19. The molecule has 2 aromatic heterocycles. The van der Waals surface area contributed by atoms with Crippen molar-refractivity contribution < 1.29 is 9.53 Å². The first kappa shape index (κ1) is 14.7. The number of amides is 1. The summed E-state index contributed by atoms with van der Waals surface area (Å²) in [5.74, 6) is 0.756. The number of carbonyl (C=O) groups is 1. The number of aromatic nitrogens is 4. The van der Waals surface area contributed by atoms with Crippen molar-refractivity contribution in [3.05, 3.63) is 12.7 Å². The van der Waals surface area contributed by atoms with Crippen LogP contribution in [0.3, 0.4) is 0 Å². The second kappa shape index (κ2) is 6.27. The van der Waals surface area contributed by atoms with Crippen molar-refractivity contribution in [2.24, 2.45) is 0 Å². The predicted molar refractivity (Wildman–Crippen MR) is 81.6 cm³/mol. The molecule has 0 aliphatic carbocycles. The van der Waals surface area contributed by atoms with E-state index in [0.717, 1.165) is 11.9 Å². The Labute approximate surface area is 128 Å².